The highest BCUT2D eigenvalue weighted by atomic mass is 32.2. The van der Waals surface area contributed by atoms with Crippen LogP contribution in [0.3, 0.4) is 0 Å². The van der Waals surface area contributed by atoms with Crippen LogP contribution in [0.4, 0.5) is 5.69 Å². The Kier molecular flexibility index (Phi) is 6.61. The molecule has 0 saturated carbocycles. The van der Waals surface area contributed by atoms with Crippen LogP contribution in [-0.4, -0.2) is 17.9 Å². The van der Waals surface area contributed by atoms with Gasteiger partial charge in [0.1, 0.15) is 17.2 Å². The molecule has 5 nitrogen and oxygen atoms in total. The molecule has 0 unspecified atom stereocenters. The van der Waals surface area contributed by atoms with Crippen molar-refractivity contribution in [1.29, 1.82) is 0 Å². The minimum Gasteiger partial charge on any atom is -0.457 e. The van der Waals surface area contributed by atoms with Gasteiger partial charge in [0.05, 0.1) is 5.69 Å². The van der Waals surface area contributed by atoms with E-state index in [-0.39, 0.29) is 5.91 Å². The number of rotatable bonds is 7. The predicted molar refractivity (Wildman–Crippen MR) is 132 cm³/mol. The first kappa shape index (κ1) is 21.7. The molecule has 0 fully saturated rings. The second-order valence-corrected chi connectivity index (χ2v) is 8.55. The van der Waals surface area contributed by atoms with Crippen molar-refractivity contribution < 1.29 is 9.53 Å². The molecule has 4 rings (SSSR count). The van der Waals surface area contributed by atoms with E-state index in [9.17, 15) is 4.79 Å². The maximum Gasteiger partial charge on any atom is 0.269 e. The van der Waals surface area contributed by atoms with E-state index in [1.807, 2.05) is 24.3 Å². The molecular weight excluding hydrogens is 418 g/mol. The Hall–Kier alpha value is -3.51. The molecular formula is C26H25N3O2S. The first-order chi connectivity index (χ1) is 15.5. The van der Waals surface area contributed by atoms with Crippen LogP contribution in [0, 0.1) is 0 Å². The van der Waals surface area contributed by atoms with Crippen LogP contribution in [0.25, 0.3) is 10.8 Å². The smallest absolute Gasteiger partial charge is 0.269 e. The first-order valence-electron chi connectivity index (χ1n) is 10.4. The van der Waals surface area contributed by atoms with Crippen molar-refractivity contribution in [3.8, 4) is 11.5 Å². The lowest BCUT2D eigenvalue weighted by Gasteiger charge is -2.12. The Balaban J connectivity index is 1.50. The van der Waals surface area contributed by atoms with E-state index < -0.39 is 0 Å². The summed E-state index contributed by atoms with van der Waals surface area (Å²) < 4.78 is 9.45. The molecule has 0 spiro atoms. The summed E-state index contributed by atoms with van der Waals surface area (Å²) in [5.41, 5.74) is 2.69. The summed E-state index contributed by atoms with van der Waals surface area (Å²) in [4.78, 5) is 17.0. The Bertz CT molecular complexity index is 1240. The molecule has 0 aliphatic rings. The SMILES string of the molecule is CNC(=O)c1cc(Oc2ccc3c(NSc4ccc(C(C)C)cc4)cccc3c2)ccn1. The zero-order chi connectivity index (χ0) is 22.5. The van der Waals surface area contributed by atoms with Crippen molar-refractivity contribution in [1.82, 2.24) is 10.3 Å². The van der Waals surface area contributed by atoms with E-state index in [4.69, 9.17) is 4.74 Å². The third kappa shape index (κ3) is 5.03. The van der Waals surface area contributed by atoms with Gasteiger partial charge in [-0.25, -0.2) is 0 Å². The van der Waals surface area contributed by atoms with E-state index in [0.717, 1.165) is 21.4 Å². The van der Waals surface area contributed by atoms with Crippen molar-refractivity contribution in [2.45, 2.75) is 24.7 Å². The van der Waals surface area contributed by atoms with E-state index in [0.29, 0.717) is 23.1 Å². The summed E-state index contributed by atoms with van der Waals surface area (Å²) in [7, 11) is 1.57. The average Bonchev–Trinajstić information content (AvgIpc) is 2.82. The Labute approximate surface area is 192 Å². The molecule has 2 N–H and O–H groups in total. The van der Waals surface area contributed by atoms with Gasteiger partial charge in [-0.3, -0.25) is 9.78 Å². The summed E-state index contributed by atoms with van der Waals surface area (Å²) in [6.45, 7) is 4.40. The van der Waals surface area contributed by atoms with Gasteiger partial charge in [0, 0.05) is 29.6 Å². The van der Waals surface area contributed by atoms with Gasteiger partial charge in [-0.15, -0.1) is 0 Å². The highest BCUT2D eigenvalue weighted by Gasteiger charge is 2.08. The number of carbonyl (C=O) groups is 1. The van der Waals surface area contributed by atoms with E-state index in [2.05, 4.69) is 65.3 Å². The van der Waals surface area contributed by atoms with Crippen molar-refractivity contribution >= 4 is 34.3 Å². The number of pyridine rings is 1. The molecule has 3 aromatic carbocycles. The molecule has 0 aliphatic heterocycles. The van der Waals surface area contributed by atoms with Crippen LogP contribution in [0.2, 0.25) is 0 Å². The molecule has 162 valence electrons. The second kappa shape index (κ2) is 9.75. The van der Waals surface area contributed by atoms with Crippen molar-refractivity contribution in [3.05, 3.63) is 90.3 Å². The highest BCUT2D eigenvalue weighted by molar-refractivity contribution is 8.00. The van der Waals surface area contributed by atoms with Crippen molar-refractivity contribution in [3.63, 3.8) is 0 Å². The zero-order valence-electron chi connectivity index (χ0n) is 18.3. The minimum atomic E-state index is -0.249. The molecule has 0 bridgehead atoms. The number of nitrogens with zero attached hydrogens (tertiary/aromatic N) is 1. The Morgan fingerprint density at radius 3 is 2.50 bits per heavy atom. The topological polar surface area (TPSA) is 63.2 Å². The lowest BCUT2D eigenvalue weighted by atomic mass is 10.0. The van der Waals surface area contributed by atoms with Crippen molar-refractivity contribution in [2.75, 3.05) is 11.8 Å². The predicted octanol–water partition coefficient (Wildman–Crippen LogP) is 6.63. The zero-order valence-corrected chi connectivity index (χ0v) is 19.1. The summed E-state index contributed by atoms with van der Waals surface area (Å²) in [6, 6.07) is 24.1. The lowest BCUT2D eigenvalue weighted by Crippen LogP contribution is -2.18. The molecule has 1 heterocycles. The molecule has 0 saturated heterocycles. The third-order valence-corrected chi connectivity index (χ3v) is 5.93. The fraction of sp³-hybridized carbons (Fsp3) is 0.154. The summed E-state index contributed by atoms with van der Waals surface area (Å²) in [5.74, 6) is 1.54. The van der Waals surface area contributed by atoms with Crippen LogP contribution in [0.15, 0.2) is 83.9 Å². The fourth-order valence-electron chi connectivity index (χ4n) is 3.31. The van der Waals surface area contributed by atoms with Gasteiger partial charge in [-0.1, -0.05) is 38.1 Å². The molecule has 1 aromatic heterocycles. The van der Waals surface area contributed by atoms with E-state index in [1.165, 1.54) is 5.56 Å². The number of aromatic nitrogens is 1. The fourth-order valence-corrected chi connectivity index (χ4v) is 3.99. The van der Waals surface area contributed by atoms with Crippen LogP contribution < -0.4 is 14.8 Å². The van der Waals surface area contributed by atoms with Gasteiger partial charge in [-0.2, -0.15) is 0 Å². The van der Waals surface area contributed by atoms with Crippen LogP contribution in [0.5, 0.6) is 11.5 Å². The number of hydrogen-bond acceptors (Lipinski definition) is 5. The van der Waals surface area contributed by atoms with E-state index >= 15 is 0 Å². The lowest BCUT2D eigenvalue weighted by molar-refractivity contribution is 0.0958. The van der Waals surface area contributed by atoms with Gasteiger partial charge < -0.3 is 14.8 Å². The van der Waals surface area contributed by atoms with E-state index in [1.54, 1.807) is 37.3 Å². The molecule has 0 aliphatic carbocycles. The molecule has 0 radical (unpaired) electrons. The highest BCUT2D eigenvalue weighted by Crippen LogP contribution is 2.32. The first-order valence-corrected chi connectivity index (χ1v) is 11.3. The quantitative estimate of drug-likeness (QED) is 0.314. The molecule has 1 amide bonds. The monoisotopic (exact) mass is 443 g/mol. The summed E-state index contributed by atoms with van der Waals surface area (Å²) in [6.07, 6.45) is 1.56. The summed E-state index contributed by atoms with van der Waals surface area (Å²) in [5, 5.41) is 4.73. The largest absolute Gasteiger partial charge is 0.457 e. The second-order valence-electron chi connectivity index (χ2n) is 7.67. The van der Waals surface area contributed by atoms with Crippen LogP contribution in [-0.2, 0) is 0 Å². The maximum absolute atomic E-state index is 11.8. The van der Waals surface area contributed by atoms with Crippen LogP contribution >= 0.6 is 11.9 Å². The van der Waals surface area contributed by atoms with Crippen molar-refractivity contribution in [2.24, 2.45) is 0 Å². The number of ether oxygens (including phenoxy) is 1. The van der Waals surface area contributed by atoms with Gasteiger partial charge in [0.25, 0.3) is 5.91 Å². The number of fused-ring (bicyclic) bond motifs is 1. The Morgan fingerprint density at radius 1 is 0.969 bits per heavy atom. The Morgan fingerprint density at radius 2 is 1.75 bits per heavy atom. The number of anilines is 1. The number of benzene rings is 3. The molecule has 0 atom stereocenters. The van der Waals surface area contributed by atoms with Gasteiger partial charge in [0.15, 0.2) is 0 Å². The van der Waals surface area contributed by atoms with Gasteiger partial charge >= 0.3 is 0 Å². The normalized spacial score (nSPS) is 10.9. The minimum absolute atomic E-state index is 0.249. The molecule has 4 aromatic rings. The summed E-state index contributed by atoms with van der Waals surface area (Å²) >= 11 is 1.60. The van der Waals surface area contributed by atoms with Gasteiger partial charge in [-0.05, 0) is 71.3 Å². The maximum atomic E-state index is 11.8. The number of hydrogen-bond donors (Lipinski definition) is 2. The molecule has 32 heavy (non-hydrogen) atoms. The van der Waals surface area contributed by atoms with Gasteiger partial charge in [0.2, 0.25) is 0 Å². The van der Waals surface area contributed by atoms with Crippen LogP contribution in [0.1, 0.15) is 35.8 Å². The standard InChI is InChI=1S/C26H25N3O2S/c1-17(2)18-7-10-22(11-8-18)32-29-24-6-4-5-19-15-20(9-12-23(19)24)31-21-13-14-28-25(16-21)26(30)27-3/h4-17,29H,1-3H3,(H,27,30). The molecule has 6 heteroatoms. The number of carbonyl (C=O) groups excluding carboxylic acids is 1. The number of amides is 1. The number of nitrogens with one attached hydrogen (secondary N) is 2. The average molecular weight is 444 g/mol. The third-order valence-electron chi connectivity index (χ3n) is 5.10.